The van der Waals surface area contributed by atoms with Crippen LogP contribution in [0.1, 0.15) is 0 Å². The standard InChI is InChI=1S/C3H4O6S/c4-2(5)1(3(6)7)10(8)9/h1H,(H,4,5)(H,6,7)(H,8,9)/p-1. The average Bonchev–Trinajstić information content (AvgIpc) is 1.59. The van der Waals surface area contributed by atoms with Crippen molar-refractivity contribution in [2.24, 2.45) is 0 Å². The van der Waals surface area contributed by atoms with Crippen molar-refractivity contribution < 1.29 is 28.6 Å². The van der Waals surface area contributed by atoms with Crippen LogP contribution in [0.3, 0.4) is 0 Å². The maximum atomic E-state index is 9.82. The van der Waals surface area contributed by atoms with Crippen molar-refractivity contribution in [1.82, 2.24) is 0 Å². The van der Waals surface area contributed by atoms with E-state index in [1.807, 2.05) is 0 Å². The molecule has 0 spiro atoms. The molecule has 0 saturated carbocycles. The molecule has 0 fully saturated rings. The summed E-state index contributed by atoms with van der Waals surface area (Å²) in [6, 6.07) is 0. The number of carbonyl (C=O) groups is 2. The second-order valence-corrected chi connectivity index (χ2v) is 2.31. The number of hydrogen-bond acceptors (Lipinski definition) is 4. The summed E-state index contributed by atoms with van der Waals surface area (Å²) in [5.41, 5.74) is 0. The van der Waals surface area contributed by atoms with Gasteiger partial charge in [0.05, 0.1) is 0 Å². The highest BCUT2D eigenvalue weighted by molar-refractivity contribution is 7.81. The minimum absolute atomic E-state index is 1.89. The van der Waals surface area contributed by atoms with Crippen molar-refractivity contribution >= 4 is 23.0 Å². The van der Waals surface area contributed by atoms with Crippen LogP contribution in [0.5, 0.6) is 0 Å². The zero-order chi connectivity index (χ0) is 8.31. The molecule has 0 heterocycles. The molecule has 0 bridgehead atoms. The van der Waals surface area contributed by atoms with E-state index in [9.17, 15) is 18.4 Å². The molecule has 0 aliphatic rings. The van der Waals surface area contributed by atoms with E-state index >= 15 is 0 Å². The lowest BCUT2D eigenvalue weighted by molar-refractivity contribution is -0.146. The van der Waals surface area contributed by atoms with Gasteiger partial charge in [-0.05, 0) is 11.1 Å². The van der Waals surface area contributed by atoms with Crippen LogP contribution in [0.2, 0.25) is 0 Å². The first-order chi connectivity index (χ1) is 4.46. The quantitative estimate of drug-likeness (QED) is 0.386. The largest absolute Gasteiger partial charge is 0.771 e. The van der Waals surface area contributed by atoms with Crippen LogP contribution in [0.25, 0.3) is 0 Å². The maximum absolute atomic E-state index is 9.82. The summed E-state index contributed by atoms with van der Waals surface area (Å²) in [5, 5.41) is 13.5. The SMILES string of the molecule is O=C(O)C(C(=O)O)S(=O)[O-]. The highest BCUT2D eigenvalue weighted by Gasteiger charge is 2.26. The summed E-state index contributed by atoms with van der Waals surface area (Å²) >= 11 is -3.11. The lowest BCUT2D eigenvalue weighted by Crippen LogP contribution is -2.33. The molecule has 0 amide bonds. The van der Waals surface area contributed by atoms with E-state index in [1.54, 1.807) is 0 Å². The van der Waals surface area contributed by atoms with Gasteiger partial charge in [-0.2, -0.15) is 0 Å². The molecule has 0 aliphatic carbocycles. The molecule has 1 atom stereocenters. The van der Waals surface area contributed by atoms with E-state index in [1.165, 1.54) is 0 Å². The van der Waals surface area contributed by atoms with Crippen molar-refractivity contribution in [3.63, 3.8) is 0 Å². The number of carboxylic acids is 2. The first-order valence-electron chi connectivity index (χ1n) is 2.00. The molecule has 10 heavy (non-hydrogen) atoms. The zero-order valence-electron chi connectivity index (χ0n) is 4.51. The van der Waals surface area contributed by atoms with Crippen molar-refractivity contribution in [3.8, 4) is 0 Å². The zero-order valence-corrected chi connectivity index (χ0v) is 5.33. The van der Waals surface area contributed by atoms with E-state index < -0.39 is 28.3 Å². The summed E-state index contributed by atoms with van der Waals surface area (Å²) in [6.07, 6.45) is 0. The molecule has 2 N–H and O–H groups in total. The van der Waals surface area contributed by atoms with Crippen LogP contribution in [0, 0.1) is 0 Å². The number of aliphatic carboxylic acids is 2. The van der Waals surface area contributed by atoms with Gasteiger partial charge in [-0.25, -0.2) is 0 Å². The second kappa shape index (κ2) is 3.28. The number of carboxylic acid groups (broad SMARTS) is 2. The third-order valence-corrected chi connectivity index (χ3v) is 1.43. The van der Waals surface area contributed by atoms with Crippen LogP contribution in [0.4, 0.5) is 0 Å². The van der Waals surface area contributed by atoms with E-state index in [0.717, 1.165) is 0 Å². The van der Waals surface area contributed by atoms with Gasteiger partial charge in [0.2, 0.25) is 5.25 Å². The van der Waals surface area contributed by atoms with Crippen molar-refractivity contribution in [1.29, 1.82) is 0 Å². The van der Waals surface area contributed by atoms with E-state index in [0.29, 0.717) is 0 Å². The molecule has 0 aliphatic heterocycles. The van der Waals surface area contributed by atoms with Crippen LogP contribution in [0.15, 0.2) is 0 Å². The smallest absolute Gasteiger partial charge is 0.329 e. The molecule has 0 aromatic carbocycles. The van der Waals surface area contributed by atoms with Gasteiger partial charge in [0.1, 0.15) is 0 Å². The Kier molecular flexibility index (Phi) is 2.97. The normalized spacial score (nSPS) is 13.0. The van der Waals surface area contributed by atoms with Gasteiger partial charge in [-0.3, -0.25) is 13.8 Å². The van der Waals surface area contributed by atoms with Crippen molar-refractivity contribution in [2.75, 3.05) is 0 Å². The average molecular weight is 167 g/mol. The van der Waals surface area contributed by atoms with Gasteiger partial charge < -0.3 is 14.8 Å². The minimum atomic E-state index is -3.11. The summed E-state index contributed by atoms with van der Waals surface area (Å²) in [5.74, 6) is -3.78. The van der Waals surface area contributed by atoms with Gasteiger partial charge in [0.25, 0.3) is 0 Å². The van der Waals surface area contributed by atoms with E-state index in [-0.39, 0.29) is 0 Å². The lowest BCUT2D eigenvalue weighted by atomic mass is 10.4. The Morgan fingerprint density at radius 3 is 1.60 bits per heavy atom. The lowest BCUT2D eigenvalue weighted by Gasteiger charge is -2.08. The molecule has 0 saturated heterocycles. The predicted octanol–water partition coefficient (Wildman–Crippen LogP) is -1.60. The van der Waals surface area contributed by atoms with E-state index in [2.05, 4.69) is 0 Å². The summed E-state index contributed by atoms with van der Waals surface area (Å²) in [6.45, 7) is 0. The number of rotatable bonds is 3. The summed E-state index contributed by atoms with van der Waals surface area (Å²) in [7, 11) is 0. The van der Waals surface area contributed by atoms with Gasteiger partial charge in [-0.15, -0.1) is 0 Å². The molecule has 6 nitrogen and oxygen atoms in total. The first-order valence-corrected chi connectivity index (χ1v) is 3.14. The van der Waals surface area contributed by atoms with Crippen LogP contribution >= 0.6 is 0 Å². The first kappa shape index (κ1) is 9.05. The minimum Gasteiger partial charge on any atom is -0.771 e. The van der Waals surface area contributed by atoms with Crippen molar-refractivity contribution in [2.45, 2.75) is 5.25 Å². The van der Waals surface area contributed by atoms with Gasteiger partial charge in [0.15, 0.2) is 0 Å². The van der Waals surface area contributed by atoms with Crippen LogP contribution in [-0.4, -0.2) is 36.2 Å². The van der Waals surface area contributed by atoms with E-state index in [4.69, 9.17) is 10.2 Å². The van der Waals surface area contributed by atoms with Gasteiger partial charge >= 0.3 is 11.9 Å². The molecule has 1 unspecified atom stereocenters. The fraction of sp³-hybridized carbons (Fsp3) is 0.333. The Bertz CT molecular complexity index is 152. The highest BCUT2D eigenvalue weighted by Crippen LogP contribution is 1.92. The Morgan fingerprint density at radius 2 is 1.60 bits per heavy atom. The second-order valence-electron chi connectivity index (χ2n) is 1.32. The molecular weight excluding hydrogens is 164 g/mol. The Balaban J connectivity index is 4.43. The molecule has 0 rings (SSSR count). The fourth-order valence-electron chi connectivity index (χ4n) is 0.270. The molecule has 0 aromatic heterocycles. The van der Waals surface area contributed by atoms with Crippen molar-refractivity contribution in [3.05, 3.63) is 0 Å². The molecule has 58 valence electrons. The van der Waals surface area contributed by atoms with Crippen LogP contribution in [-0.2, 0) is 20.7 Å². The third-order valence-electron chi connectivity index (χ3n) is 0.641. The number of hydrogen-bond donors (Lipinski definition) is 2. The fourth-order valence-corrected chi connectivity index (χ4v) is 0.600. The Labute approximate surface area is 57.8 Å². The molecule has 0 aromatic rings. The Morgan fingerprint density at radius 1 is 1.30 bits per heavy atom. The van der Waals surface area contributed by atoms with Gasteiger partial charge in [-0.1, -0.05) is 0 Å². The molecule has 7 heteroatoms. The Hall–Kier alpha value is -0.950. The predicted molar refractivity (Wildman–Crippen MR) is 28.0 cm³/mol. The topological polar surface area (TPSA) is 115 Å². The molecule has 0 radical (unpaired) electrons. The highest BCUT2D eigenvalue weighted by atomic mass is 32.2. The summed E-state index contributed by atoms with van der Waals surface area (Å²) < 4.78 is 19.6. The maximum Gasteiger partial charge on any atom is 0.329 e. The molecular formula is C3H3O6S-. The monoisotopic (exact) mass is 167 g/mol. The van der Waals surface area contributed by atoms with Crippen LogP contribution < -0.4 is 0 Å². The van der Waals surface area contributed by atoms with Gasteiger partial charge in [0, 0.05) is 0 Å². The third kappa shape index (κ3) is 2.11. The summed E-state index contributed by atoms with van der Waals surface area (Å²) in [4.78, 5) is 19.6.